The molecule has 8 nitrogen and oxygen atoms in total. The Morgan fingerprint density at radius 1 is 1.09 bits per heavy atom. The van der Waals surface area contributed by atoms with E-state index in [0.29, 0.717) is 5.69 Å². The zero-order chi connectivity index (χ0) is 24.0. The number of nitrogens with one attached hydrogen (secondary N) is 2. The highest BCUT2D eigenvalue weighted by Crippen LogP contribution is 2.21. The Morgan fingerprint density at radius 3 is 2.45 bits per heavy atom. The summed E-state index contributed by atoms with van der Waals surface area (Å²) in [5.74, 6) is -0.701. The molecule has 0 radical (unpaired) electrons. The fourth-order valence-electron chi connectivity index (χ4n) is 3.83. The van der Waals surface area contributed by atoms with Gasteiger partial charge in [0.2, 0.25) is 5.91 Å². The van der Waals surface area contributed by atoms with Gasteiger partial charge in [-0.3, -0.25) is 19.5 Å². The van der Waals surface area contributed by atoms with E-state index < -0.39 is 5.97 Å². The minimum Gasteiger partial charge on any atom is -0.465 e. The van der Waals surface area contributed by atoms with Crippen molar-refractivity contribution in [2.75, 3.05) is 25.5 Å². The molecule has 2 amide bonds. The van der Waals surface area contributed by atoms with Gasteiger partial charge in [0.15, 0.2) is 0 Å². The van der Waals surface area contributed by atoms with Gasteiger partial charge in [0.25, 0.3) is 5.91 Å². The highest BCUT2D eigenvalue weighted by atomic mass is 16.5. The summed E-state index contributed by atoms with van der Waals surface area (Å²) in [6.45, 7) is 8.45. The van der Waals surface area contributed by atoms with Crippen molar-refractivity contribution in [1.82, 2.24) is 15.2 Å². The second-order valence-electron chi connectivity index (χ2n) is 9.40. The van der Waals surface area contributed by atoms with Gasteiger partial charge in [0.05, 0.1) is 18.2 Å². The number of methoxy groups -OCH3 is 1. The van der Waals surface area contributed by atoms with E-state index in [1.54, 1.807) is 0 Å². The minimum absolute atomic E-state index is 0.0560. The normalized spacial score (nSPS) is 15.0. The molecule has 176 valence electrons. The third-order valence-corrected chi connectivity index (χ3v) is 5.47. The number of likely N-dealkylation sites (tertiary alicyclic amines) is 1. The highest BCUT2D eigenvalue weighted by Gasteiger charge is 2.27. The Bertz CT molecular complexity index is 1010. The smallest absolute Gasteiger partial charge is 0.339 e. The topological polar surface area (TPSA) is 101 Å². The Hall–Kier alpha value is -3.26. The number of nitrogens with zero attached hydrogens (tertiary/aromatic N) is 2. The van der Waals surface area contributed by atoms with Crippen LogP contribution in [0, 0.1) is 5.92 Å². The molecule has 1 fully saturated rings. The summed E-state index contributed by atoms with van der Waals surface area (Å²) < 4.78 is 4.68. The van der Waals surface area contributed by atoms with E-state index in [0.717, 1.165) is 38.0 Å². The molecule has 0 saturated carbocycles. The number of anilines is 1. The lowest BCUT2D eigenvalue weighted by atomic mass is 9.94. The number of amides is 2. The van der Waals surface area contributed by atoms with E-state index in [1.807, 2.05) is 45.0 Å². The summed E-state index contributed by atoms with van der Waals surface area (Å²) in [4.78, 5) is 43.0. The van der Waals surface area contributed by atoms with Crippen LogP contribution in [0.5, 0.6) is 0 Å². The molecule has 0 aliphatic carbocycles. The van der Waals surface area contributed by atoms with E-state index in [1.165, 1.54) is 25.6 Å². The molecule has 33 heavy (non-hydrogen) atoms. The van der Waals surface area contributed by atoms with E-state index in [4.69, 9.17) is 0 Å². The predicted octanol–water partition coefficient (Wildman–Crippen LogP) is 3.25. The quantitative estimate of drug-likeness (QED) is 0.653. The molecule has 2 aromatic rings. The first-order chi connectivity index (χ1) is 15.6. The monoisotopic (exact) mass is 452 g/mol. The Labute approximate surface area is 194 Å². The first-order valence-electron chi connectivity index (χ1n) is 11.1. The third kappa shape index (κ3) is 7.12. The van der Waals surface area contributed by atoms with Crippen LogP contribution >= 0.6 is 0 Å². The fraction of sp³-hybridized carbons (Fsp3) is 0.440. The molecule has 1 aliphatic heterocycles. The zero-order valence-electron chi connectivity index (χ0n) is 19.7. The summed E-state index contributed by atoms with van der Waals surface area (Å²) in [5.41, 5.74) is 2.03. The Morgan fingerprint density at radius 2 is 1.79 bits per heavy atom. The van der Waals surface area contributed by atoms with Crippen molar-refractivity contribution in [3.8, 4) is 0 Å². The molecule has 1 aromatic heterocycles. The van der Waals surface area contributed by atoms with Crippen molar-refractivity contribution in [1.29, 1.82) is 0 Å². The van der Waals surface area contributed by atoms with Crippen molar-refractivity contribution >= 4 is 23.5 Å². The van der Waals surface area contributed by atoms with Crippen LogP contribution in [-0.4, -0.2) is 53.4 Å². The second-order valence-corrected chi connectivity index (χ2v) is 9.40. The number of piperidine rings is 1. The highest BCUT2D eigenvalue weighted by molar-refractivity contribution is 6.05. The van der Waals surface area contributed by atoms with E-state index in [9.17, 15) is 14.4 Å². The van der Waals surface area contributed by atoms with Gasteiger partial charge >= 0.3 is 5.97 Å². The Balaban J connectivity index is 1.56. The summed E-state index contributed by atoms with van der Waals surface area (Å²) >= 11 is 0. The molecule has 8 heteroatoms. The molecule has 0 bridgehead atoms. The van der Waals surface area contributed by atoms with Crippen LogP contribution < -0.4 is 10.6 Å². The minimum atomic E-state index is -0.543. The Kier molecular flexibility index (Phi) is 7.81. The van der Waals surface area contributed by atoms with Crippen LogP contribution in [0.3, 0.4) is 0 Å². The number of pyridine rings is 1. The molecule has 1 aromatic carbocycles. The molecular formula is C25H32N4O4. The molecular weight excluding hydrogens is 420 g/mol. The number of benzene rings is 1. The van der Waals surface area contributed by atoms with Crippen LogP contribution in [0.25, 0.3) is 0 Å². The second kappa shape index (κ2) is 10.6. The number of carbonyl (C=O) groups is 3. The van der Waals surface area contributed by atoms with Gasteiger partial charge in [-0.05, 0) is 70.5 Å². The van der Waals surface area contributed by atoms with Crippen molar-refractivity contribution in [3.63, 3.8) is 0 Å². The van der Waals surface area contributed by atoms with Gasteiger partial charge < -0.3 is 15.4 Å². The largest absolute Gasteiger partial charge is 0.465 e. The van der Waals surface area contributed by atoms with Crippen LogP contribution in [0.1, 0.15) is 59.9 Å². The van der Waals surface area contributed by atoms with E-state index in [2.05, 4.69) is 25.3 Å². The molecule has 0 atom stereocenters. The average Bonchev–Trinajstić information content (AvgIpc) is 2.78. The number of carbonyl (C=O) groups excluding carboxylic acids is 3. The summed E-state index contributed by atoms with van der Waals surface area (Å²) in [6.07, 6.45) is 4.44. The van der Waals surface area contributed by atoms with Crippen molar-refractivity contribution in [2.45, 2.75) is 45.7 Å². The molecule has 3 rings (SSSR count). The molecule has 0 unspecified atom stereocenters. The van der Waals surface area contributed by atoms with Crippen LogP contribution in [0.2, 0.25) is 0 Å². The first-order valence-corrected chi connectivity index (χ1v) is 11.1. The van der Waals surface area contributed by atoms with Gasteiger partial charge in [0, 0.05) is 36.1 Å². The lowest BCUT2D eigenvalue weighted by molar-refractivity contribution is -0.127. The molecule has 2 heterocycles. The standard InChI is InChI=1S/C25H32N4O4/c1-25(2,3)28-23(31)18-8-10-29(11-9-18)16-17-6-5-7-21(12-17)27-22(30)19-13-20(15-26-14-19)24(32)33-4/h5-7,12-15,18H,8-11,16H2,1-4H3,(H,27,30)(H,28,31). The average molecular weight is 453 g/mol. The molecule has 1 aliphatic rings. The van der Waals surface area contributed by atoms with Crippen molar-refractivity contribution in [3.05, 3.63) is 59.4 Å². The lowest BCUT2D eigenvalue weighted by Gasteiger charge is -2.33. The van der Waals surface area contributed by atoms with Crippen LogP contribution in [0.4, 0.5) is 5.69 Å². The molecule has 1 saturated heterocycles. The van der Waals surface area contributed by atoms with Gasteiger partial charge in [0.1, 0.15) is 0 Å². The van der Waals surface area contributed by atoms with E-state index >= 15 is 0 Å². The fourth-order valence-corrected chi connectivity index (χ4v) is 3.83. The maximum atomic E-state index is 12.6. The summed E-state index contributed by atoms with van der Waals surface area (Å²) in [5, 5.41) is 5.94. The van der Waals surface area contributed by atoms with Crippen molar-refractivity contribution < 1.29 is 19.1 Å². The number of esters is 1. The first kappa shape index (κ1) is 24.4. The lowest BCUT2D eigenvalue weighted by Crippen LogP contribution is -2.46. The molecule has 0 spiro atoms. The van der Waals surface area contributed by atoms with Crippen LogP contribution in [-0.2, 0) is 16.1 Å². The van der Waals surface area contributed by atoms with E-state index in [-0.39, 0.29) is 34.4 Å². The van der Waals surface area contributed by atoms with Crippen LogP contribution in [0.15, 0.2) is 42.7 Å². The van der Waals surface area contributed by atoms with Crippen molar-refractivity contribution in [2.24, 2.45) is 5.92 Å². The number of ether oxygens (including phenoxy) is 1. The van der Waals surface area contributed by atoms with Gasteiger partial charge in [-0.2, -0.15) is 0 Å². The summed E-state index contributed by atoms with van der Waals surface area (Å²) in [6, 6.07) is 9.14. The predicted molar refractivity (Wildman–Crippen MR) is 126 cm³/mol. The number of hydrogen-bond donors (Lipinski definition) is 2. The maximum absolute atomic E-state index is 12.6. The number of rotatable bonds is 6. The summed E-state index contributed by atoms with van der Waals surface area (Å²) in [7, 11) is 1.28. The van der Waals surface area contributed by atoms with Gasteiger partial charge in [-0.25, -0.2) is 4.79 Å². The number of aromatic nitrogens is 1. The van der Waals surface area contributed by atoms with Gasteiger partial charge in [-0.1, -0.05) is 12.1 Å². The third-order valence-electron chi connectivity index (χ3n) is 5.47. The maximum Gasteiger partial charge on any atom is 0.339 e. The molecule has 2 N–H and O–H groups in total. The number of hydrogen-bond acceptors (Lipinski definition) is 6. The zero-order valence-corrected chi connectivity index (χ0v) is 19.7. The SMILES string of the molecule is COC(=O)c1cncc(C(=O)Nc2cccc(CN3CCC(C(=O)NC(C)(C)C)CC3)c2)c1. The van der Waals surface area contributed by atoms with Gasteiger partial charge in [-0.15, -0.1) is 0 Å².